The average molecular weight is 338 g/mol. The van der Waals surface area contributed by atoms with E-state index in [4.69, 9.17) is 9.15 Å². The standard InChI is InChI=1S/C17H30N4O3/c1-12-8-15(13(2)24-12)17(3,22)11-20-16(18-4)19-9-14-10-21(5)6-7-23-14/h8,14,22H,6-7,9-11H2,1-5H3,(H2,18,19,20). The molecule has 2 rings (SSSR count). The summed E-state index contributed by atoms with van der Waals surface area (Å²) in [7, 11) is 3.81. The van der Waals surface area contributed by atoms with Gasteiger partial charge in [-0.1, -0.05) is 0 Å². The van der Waals surface area contributed by atoms with Crippen molar-refractivity contribution in [1.29, 1.82) is 0 Å². The molecule has 0 aliphatic carbocycles. The van der Waals surface area contributed by atoms with Crippen molar-refractivity contribution < 1.29 is 14.3 Å². The van der Waals surface area contributed by atoms with Gasteiger partial charge in [0.05, 0.1) is 19.3 Å². The molecule has 2 atom stereocenters. The third-order valence-corrected chi connectivity index (χ3v) is 4.28. The van der Waals surface area contributed by atoms with E-state index < -0.39 is 5.60 Å². The lowest BCUT2D eigenvalue weighted by molar-refractivity contribution is -0.0161. The van der Waals surface area contributed by atoms with E-state index in [2.05, 4.69) is 27.6 Å². The molecular weight excluding hydrogens is 308 g/mol. The molecule has 136 valence electrons. The second-order valence-corrected chi connectivity index (χ2v) is 6.66. The fraction of sp³-hybridized carbons (Fsp3) is 0.706. The zero-order chi connectivity index (χ0) is 17.7. The minimum atomic E-state index is -1.04. The van der Waals surface area contributed by atoms with Crippen molar-refractivity contribution in [2.45, 2.75) is 32.5 Å². The summed E-state index contributed by atoms with van der Waals surface area (Å²) in [4.78, 5) is 6.46. The topological polar surface area (TPSA) is 82.3 Å². The van der Waals surface area contributed by atoms with Gasteiger partial charge in [-0.05, 0) is 33.9 Å². The van der Waals surface area contributed by atoms with Crippen LogP contribution in [0.3, 0.4) is 0 Å². The molecule has 0 bridgehead atoms. The number of hydrogen-bond donors (Lipinski definition) is 3. The number of morpholine rings is 1. The van der Waals surface area contributed by atoms with Crippen LogP contribution in [0.15, 0.2) is 15.5 Å². The number of hydrogen-bond acceptors (Lipinski definition) is 5. The van der Waals surface area contributed by atoms with Gasteiger partial charge in [0.15, 0.2) is 5.96 Å². The first kappa shape index (κ1) is 18.8. The summed E-state index contributed by atoms with van der Waals surface area (Å²) in [6.07, 6.45) is 0.140. The number of furan rings is 1. The number of nitrogens with zero attached hydrogens (tertiary/aromatic N) is 2. The number of aliphatic imine (C=N–C) groups is 1. The molecule has 1 saturated heterocycles. The number of guanidine groups is 1. The van der Waals surface area contributed by atoms with E-state index in [1.165, 1.54) is 0 Å². The van der Waals surface area contributed by atoms with Crippen molar-refractivity contribution in [1.82, 2.24) is 15.5 Å². The Morgan fingerprint density at radius 3 is 2.79 bits per heavy atom. The van der Waals surface area contributed by atoms with Crippen molar-refractivity contribution in [3.63, 3.8) is 0 Å². The Morgan fingerprint density at radius 1 is 1.46 bits per heavy atom. The molecule has 0 saturated carbocycles. The van der Waals surface area contributed by atoms with Crippen LogP contribution in [0.2, 0.25) is 0 Å². The number of rotatable bonds is 5. The highest BCUT2D eigenvalue weighted by Gasteiger charge is 2.28. The van der Waals surface area contributed by atoms with Gasteiger partial charge < -0.3 is 29.8 Å². The van der Waals surface area contributed by atoms with Gasteiger partial charge in [0.2, 0.25) is 0 Å². The predicted molar refractivity (Wildman–Crippen MR) is 94.4 cm³/mol. The van der Waals surface area contributed by atoms with E-state index >= 15 is 0 Å². The van der Waals surface area contributed by atoms with Crippen LogP contribution >= 0.6 is 0 Å². The van der Waals surface area contributed by atoms with Crippen molar-refractivity contribution in [2.75, 3.05) is 46.9 Å². The van der Waals surface area contributed by atoms with Gasteiger partial charge in [-0.25, -0.2) is 0 Å². The van der Waals surface area contributed by atoms with E-state index in [9.17, 15) is 5.11 Å². The molecule has 7 heteroatoms. The Bertz CT molecular complexity index is 568. The van der Waals surface area contributed by atoms with Crippen LogP contribution in [-0.4, -0.2) is 69.0 Å². The second kappa shape index (κ2) is 8.00. The Morgan fingerprint density at radius 2 is 2.21 bits per heavy atom. The number of nitrogens with one attached hydrogen (secondary N) is 2. The summed E-state index contributed by atoms with van der Waals surface area (Å²) < 4.78 is 11.2. The molecule has 0 spiro atoms. The fourth-order valence-electron chi connectivity index (χ4n) is 2.94. The summed E-state index contributed by atoms with van der Waals surface area (Å²) in [6, 6.07) is 1.87. The molecule has 1 fully saturated rings. The Kier molecular flexibility index (Phi) is 6.26. The first-order valence-corrected chi connectivity index (χ1v) is 8.36. The van der Waals surface area contributed by atoms with Gasteiger partial charge in [0.25, 0.3) is 0 Å². The van der Waals surface area contributed by atoms with Gasteiger partial charge in [-0.3, -0.25) is 4.99 Å². The minimum absolute atomic E-state index is 0.140. The first-order chi connectivity index (χ1) is 11.3. The first-order valence-electron chi connectivity index (χ1n) is 8.36. The van der Waals surface area contributed by atoms with E-state index in [0.29, 0.717) is 19.0 Å². The van der Waals surface area contributed by atoms with Crippen LogP contribution in [0.1, 0.15) is 24.0 Å². The van der Waals surface area contributed by atoms with Crippen LogP contribution in [0.5, 0.6) is 0 Å². The van der Waals surface area contributed by atoms with Gasteiger partial charge in [-0.15, -0.1) is 0 Å². The largest absolute Gasteiger partial charge is 0.466 e. The van der Waals surface area contributed by atoms with Crippen LogP contribution < -0.4 is 10.6 Å². The lowest BCUT2D eigenvalue weighted by atomic mass is 9.96. The molecule has 3 N–H and O–H groups in total. The highest BCUT2D eigenvalue weighted by Crippen LogP contribution is 2.26. The Labute approximate surface area is 144 Å². The normalized spacial score (nSPS) is 22.2. The molecule has 7 nitrogen and oxygen atoms in total. The van der Waals surface area contributed by atoms with Crippen molar-refractivity contribution in [2.24, 2.45) is 4.99 Å². The average Bonchev–Trinajstić information content (AvgIpc) is 2.87. The van der Waals surface area contributed by atoms with Gasteiger partial charge in [0, 0.05) is 32.2 Å². The summed E-state index contributed by atoms with van der Waals surface area (Å²) in [6.45, 7) is 9.13. The minimum Gasteiger partial charge on any atom is -0.466 e. The quantitative estimate of drug-likeness (QED) is 0.539. The fourth-order valence-corrected chi connectivity index (χ4v) is 2.94. The van der Waals surface area contributed by atoms with E-state index in [1.54, 1.807) is 14.0 Å². The van der Waals surface area contributed by atoms with E-state index in [1.807, 2.05) is 19.9 Å². The number of aliphatic hydroxyl groups is 1. The molecule has 0 amide bonds. The van der Waals surface area contributed by atoms with E-state index in [0.717, 1.165) is 36.8 Å². The summed E-state index contributed by atoms with van der Waals surface area (Å²) in [5.74, 6) is 2.18. The zero-order valence-corrected chi connectivity index (χ0v) is 15.3. The lowest BCUT2D eigenvalue weighted by Crippen LogP contribution is -2.50. The highest BCUT2D eigenvalue weighted by atomic mass is 16.5. The number of aryl methyl sites for hydroxylation is 2. The molecule has 1 aliphatic heterocycles. The molecule has 1 aromatic rings. The van der Waals surface area contributed by atoms with Crippen LogP contribution in [-0.2, 0) is 10.3 Å². The molecular formula is C17H30N4O3. The highest BCUT2D eigenvalue weighted by molar-refractivity contribution is 5.79. The molecule has 1 aliphatic rings. The van der Waals surface area contributed by atoms with E-state index in [-0.39, 0.29) is 6.10 Å². The molecule has 0 radical (unpaired) electrons. The monoisotopic (exact) mass is 338 g/mol. The second-order valence-electron chi connectivity index (χ2n) is 6.66. The molecule has 1 aromatic heterocycles. The van der Waals surface area contributed by atoms with Crippen LogP contribution in [0, 0.1) is 13.8 Å². The van der Waals surface area contributed by atoms with Gasteiger partial charge in [0.1, 0.15) is 17.1 Å². The maximum Gasteiger partial charge on any atom is 0.191 e. The van der Waals surface area contributed by atoms with Gasteiger partial charge >= 0.3 is 0 Å². The van der Waals surface area contributed by atoms with Crippen LogP contribution in [0.25, 0.3) is 0 Å². The third kappa shape index (κ3) is 4.96. The summed E-state index contributed by atoms with van der Waals surface area (Å²) >= 11 is 0. The maximum atomic E-state index is 10.7. The zero-order valence-electron chi connectivity index (χ0n) is 15.3. The predicted octanol–water partition coefficient (Wildman–Crippen LogP) is 0.600. The SMILES string of the molecule is CN=C(NCC1CN(C)CCO1)NCC(C)(O)c1cc(C)oc1C. The smallest absolute Gasteiger partial charge is 0.191 e. The summed E-state index contributed by atoms with van der Waals surface area (Å²) in [5, 5.41) is 17.2. The molecule has 2 unspecified atom stereocenters. The third-order valence-electron chi connectivity index (χ3n) is 4.28. The van der Waals surface area contributed by atoms with Crippen molar-refractivity contribution in [3.05, 3.63) is 23.2 Å². The Balaban J connectivity index is 1.85. The van der Waals surface area contributed by atoms with Gasteiger partial charge in [-0.2, -0.15) is 0 Å². The Hall–Kier alpha value is -1.57. The summed E-state index contributed by atoms with van der Waals surface area (Å²) in [5.41, 5.74) is -0.249. The number of likely N-dealkylation sites (N-methyl/N-ethyl adjacent to an activating group) is 1. The van der Waals surface area contributed by atoms with Crippen LogP contribution in [0.4, 0.5) is 0 Å². The maximum absolute atomic E-state index is 10.7. The lowest BCUT2D eigenvalue weighted by Gasteiger charge is -2.31. The molecule has 2 heterocycles. The van der Waals surface area contributed by atoms with Crippen molar-refractivity contribution in [3.8, 4) is 0 Å². The number of ether oxygens (including phenoxy) is 1. The molecule has 24 heavy (non-hydrogen) atoms. The molecule has 0 aromatic carbocycles. The van der Waals surface area contributed by atoms with Crippen molar-refractivity contribution >= 4 is 5.96 Å².